The molecule has 1 N–H and O–H groups in total. The van der Waals surface area contributed by atoms with E-state index >= 15 is 0 Å². The van der Waals surface area contributed by atoms with Crippen LogP contribution in [0.3, 0.4) is 0 Å². The minimum Gasteiger partial charge on any atom is -0.490 e. The highest BCUT2D eigenvalue weighted by Gasteiger charge is 2.21. The van der Waals surface area contributed by atoms with Crippen LogP contribution in [-0.2, 0) is 6.54 Å². The number of hydrogen-bond donors (Lipinski definition) is 1. The van der Waals surface area contributed by atoms with Gasteiger partial charge in [0.1, 0.15) is 5.75 Å². The van der Waals surface area contributed by atoms with Crippen LogP contribution in [-0.4, -0.2) is 12.1 Å². The Labute approximate surface area is 122 Å². The molecule has 110 valence electrons. The summed E-state index contributed by atoms with van der Waals surface area (Å²) >= 11 is 0. The summed E-state index contributed by atoms with van der Waals surface area (Å²) in [5.74, 6) is 1.98. The van der Waals surface area contributed by atoms with Crippen LogP contribution in [0, 0.1) is 5.92 Å². The van der Waals surface area contributed by atoms with Gasteiger partial charge in [-0.3, -0.25) is 0 Å². The van der Waals surface area contributed by atoms with Crippen molar-refractivity contribution in [2.75, 3.05) is 0 Å². The van der Waals surface area contributed by atoms with E-state index in [9.17, 15) is 0 Å². The predicted octanol–water partition coefficient (Wildman–Crippen LogP) is 4.29. The minimum atomic E-state index is 0.438. The van der Waals surface area contributed by atoms with Gasteiger partial charge in [-0.25, -0.2) is 0 Å². The zero-order valence-electron chi connectivity index (χ0n) is 12.6. The Kier molecular flexibility index (Phi) is 4.62. The van der Waals surface area contributed by atoms with E-state index in [0.717, 1.165) is 24.3 Å². The first kappa shape index (κ1) is 13.9. The van der Waals surface area contributed by atoms with Crippen molar-refractivity contribution < 1.29 is 4.74 Å². The Morgan fingerprint density at radius 2 is 1.70 bits per heavy atom. The largest absolute Gasteiger partial charge is 0.490 e. The smallest absolute Gasteiger partial charge is 0.119 e. The summed E-state index contributed by atoms with van der Waals surface area (Å²) in [6.45, 7) is 3.30. The summed E-state index contributed by atoms with van der Waals surface area (Å²) in [4.78, 5) is 0. The van der Waals surface area contributed by atoms with E-state index in [0.29, 0.717) is 6.10 Å². The second kappa shape index (κ2) is 6.62. The van der Waals surface area contributed by atoms with Gasteiger partial charge in [0.25, 0.3) is 0 Å². The third kappa shape index (κ3) is 3.99. The quantitative estimate of drug-likeness (QED) is 0.835. The highest BCUT2D eigenvalue weighted by atomic mass is 16.5. The van der Waals surface area contributed by atoms with Crippen LogP contribution >= 0.6 is 0 Å². The molecular formula is C18H27NO. The first-order valence-corrected chi connectivity index (χ1v) is 8.32. The van der Waals surface area contributed by atoms with Crippen LogP contribution in [0.4, 0.5) is 0 Å². The molecule has 1 aromatic rings. The van der Waals surface area contributed by atoms with E-state index in [4.69, 9.17) is 4.74 Å². The fourth-order valence-electron chi connectivity index (χ4n) is 3.09. The molecule has 2 saturated carbocycles. The molecule has 0 unspecified atom stereocenters. The molecule has 0 heterocycles. The van der Waals surface area contributed by atoms with Gasteiger partial charge in [-0.15, -0.1) is 0 Å². The topological polar surface area (TPSA) is 21.3 Å². The molecule has 2 heteroatoms. The van der Waals surface area contributed by atoms with Gasteiger partial charge in [0.15, 0.2) is 0 Å². The molecule has 0 amide bonds. The fourth-order valence-corrected chi connectivity index (χ4v) is 3.09. The van der Waals surface area contributed by atoms with Crippen LogP contribution in [0.15, 0.2) is 24.3 Å². The lowest BCUT2D eigenvalue weighted by Gasteiger charge is -2.28. The van der Waals surface area contributed by atoms with Crippen molar-refractivity contribution in [2.45, 2.75) is 70.6 Å². The van der Waals surface area contributed by atoms with Crippen LogP contribution < -0.4 is 10.1 Å². The summed E-state index contributed by atoms with van der Waals surface area (Å²) in [5.41, 5.74) is 1.36. The van der Waals surface area contributed by atoms with Gasteiger partial charge in [-0.2, -0.15) is 0 Å². The Balaban J connectivity index is 1.45. The van der Waals surface area contributed by atoms with E-state index in [2.05, 4.69) is 36.5 Å². The lowest BCUT2D eigenvalue weighted by molar-refractivity contribution is 0.130. The second-order valence-corrected chi connectivity index (χ2v) is 6.47. The van der Waals surface area contributed by atoms with Gasteiger partial charge in [-0.1, -0.05) is 25.5 Å². The standard InChI is InChI=1S/C18H27NO/c1-2-14-3-9-17(10-4-14)20-18-11-5-15(6-12-18)13-19-16-7-8-16/h5-6,11-12,14,16-17,19H,2-4,7-10,13H2,1H3. The normalized spacial score (nSPS) is 26.4. The highest BCUT2D eigenvalue weighted by molar-refractivity contribution is 5.27. The van der Waals surface area contributed by atoms with Crippen molar-refractivity contribution in [3.63, 3.8) is 0 Å². The van der Waals surface area contributed by atoms with Gasteiger partial charge in [0.2, 0.25) is 0 Å². The molecule has 1 aromatic carbocycles. The van der Waals surface area contributed by atoms with Crippen LogP contribution in [0.25, 0.3) is 0 Å². The summed E-state index contributed by atoms with van der Waals surface area (Å²) < 4.78 is 6.12. The Bertz CT molecular complexity index is 402. The molecule has 2 nitrogen and oxygen atoms in total. The van der Waals surface area contributed by atoms with Gasteiger partial charge in [0.05, 0.1) is 6.10 Å². The van der Waals surface area contributed by atoms with Crippen molar-refractivity contribution >= 4 is 0 Å². The third-order valence-corrected chi connectivity index (χ3v) is 4.77. The molecular weight excluding hydrogens is 246 g/mol. The molecule has 2 fully saturated rings. The molecule has 3 rings (SSSR count). The Hall–Kier alpha value is -1.02. The van der Waals surface area contributed by atoms with Crippen molar-refractivity contribution in [3.05, 3.63) is 29.8 Å². The molecule has 2 aliphatic carbocycles. The number of rotatable bonds is 6. The summed E-state index contributed by atoms with van der Waals surface area (Å²) in [6, 6.07) is 9.44. The number of hydrogen-bond acceptors (Lipinski definition) is 2. The molecule has 0 spiro atoms. The van der Waals surface area contributed by atoms with Gasteiger partial charge >= 0.3 is 0 Å². The van der Waals surface area contributed by atoms with E-state index in [1.54, 1.807) is 0 Å². The van der Waals surface area contributed by atoms with Crippen molar-refractivity contribution in [1.29, 1.82) is 0 Å². The van der Waals surface area contributed by atoms with E-state index in [1.807, 2.05) is 0 Å². The minimum absolute atomic E-state index is 0.438. The molecule has 0 radical (unpaired) electrons. The average molecular weight is 273 g/mol. The Morgan fingerprint density at radius 3 is 2.30 bits per heavy atom. The third-order valence-electron chi connectivity index (χ3n) is 4.77. The van der Waals surface area contributed by atoms with E-state index in [-0.39, 0.29) is 0 Å². The maximum Gasteiger partial charge on any atom is 0.119 e. The molecule has 0 bridgehead atoms. The first-order chi connectivity index (χ1) is 9.83. The van der Waals surface area contributed by atoms with Gasteiger partial charge < -0.3 is 10.1 Å². The predicted molar refractivity (Wildman–Crippen MR) is 83.0 cm³/mol. The van der Waals surface area contributed by atoms with Gasteiger partial charge in [-0.05, 0) is 62.1 Å². The molecule has 0 saturated heterocycles. The molecule has 2 aliphatic rings. The lowest BCUT2D eigenvalue weighted by Crippen LogP contribution is -2.23. The zero-order chi connectivity index (χ0) is 13.8. The van der Waals surface area contributed by atoms with Crippen molar-refractivity contribution in [2.24, 2.45) is 5.92 Å². The first-order valence-electron chi connectivity index (χ1n) is 8.32. The van der Waals surface area contributed by atoms with Gasteiger partial charge in [0, 0.05) is 12.6 Å². The number of benzene rings is 1. The summed E-state index contributed by atoms with van der Waals surface area (Å²) in [6.07, 6.45) is 9.59. The number of ether oxygens (including phenoxy) is 1. The van der Waals surface area contributed by atoms with Crippen LogP contribution in [0.2, 0.25) is 0 Å². The molecule has 0 aromatic heterocycles. The fraction of sp³-hybridized carbons (Fsp3) is 0.667. The zero-order valence-corrected chi connectivity index (χ0v) is 12.6. The summed E-state index contributed by atoms with van der Waals surface area (Å²) in [5, 5.41) is 3.54. The molecule has 0 atom stereocenters. The highest BCUT2D eigenvalue weighted by Crippen LogP contribution is 2.29. The SMILES string of the molecule is CCC1CCC(Oc2ccc(CNC3CC3)cc2)CC1. The summed E-state index contributed by atoms with van der Waals surface area (Å²) in [7, 11) is 0. The van der Waals surface area contributed by atoms with E-state index in [1.165, 1.54) is 50.5 Å². The van der Waals surface area contributed by atoms with E-state index < -0.39 is 0 Å². The Morgan fingerprint density at radius 1 is 1.00 bits per heavy atom. The van der Waals surface area contributed by atoms with Crippen molar-refractivity contribution in [3.8, 4) is 5.75 Å². The van der Waals surface area contributed by atoms with Crippen LogP contribution in [0.1, 0.15) is 57.4 Å². The molecule has 0 aliphatic heterocycles. The van der Waals surface area contributed by atoms with Crippen LogP contribution in [0.5, 0.6) is 5.75 Å². The van der Waals surface area contributed by atoms with Crippen molar-refractivity contribution in [1.82, 2.24) is 5.32 Å². The maximum absolute atomic E-state index is 6.12. The number of nitrogens with one attached hydrogen (secondary N) is 1. The molecule has 20 heavy (non-hydrogen) atoms. The second-order valence-electron chi connectivity index (χ2n) is 6.47. The average Bonchev–Trinajstić information content (AvgIpc) is 3.32. The lowest BCUT2D eigenvalue weighted by atomic mass is 9.86. The maximum atomic E-state index is 6.12. The monoisotopic (exact) mass is 273 g/mol.